The van der Waals surface area contributed by atoms with Gasteiger partial charge in [0.2, 0.25) is 5.89 Å². The van der Waals surface area contributed by atoms with E-state index in [0.717, 1.165) is 16.7 Å². The summed E-state index contributed by atoms with van der Waals surface area (Å²) in [5, 5.41) is 5.09. The smallest absolute Gasteiger partial charge is 0.227 e. The van der Waals surface area contributed by atoms with Crippen molar-refractivity contribution in [1.82, 2.24) is 4.98 Å². The predicted octanol–water partition coefficient (Wildman–Crippen LogP) is 9.44. The highest BCUT2D eigenvalue weighted by Crippen LogP contribution is 2.44. The van der Waals surface area contributed by atoms with Crippen LogP contribution in [0.3, 0.4) is 0 Å². The molecule has 36 heavy (non-hydrogen) atoms. The van der Waals surface area contributed by atoms with Gasteiger partial charge in [0, 0.05) is 5.56 Å². The minimum Gasteiger partial charge on any atom is -0.436 e. The van der Waals surface area contributed by atoms with Gasteiger partial charge in [0.15, 0.2) is 5.58 Å². The number of aromatic nitrogens is 1. The zero-order valence-corrected chi connectivity index (χ0v) is 19.9. The lowest BCUT2D eigenvalue weighted by Gasteiger charge is -2.19. The lowest BCUT2D eigenvalue weighted by molar-refractivity contribution is 0.620. The fourth-order valence-electron chi connectivity index (χ4n) is 5.40. The Balaban J connectivity index is 1.48. The average Bonchev–Trinajstić information content (AvgIpc) is 3.37. The van der Waals surface area contributed by atoms with Gasteiger partial charge >= 0.3 is 0 Å². The van der Waals surface area contributed by atoms with Crippen LogP contribution in [0, 0.1) is 6.92 Å². The van der Waals surface area contributed by atoms with Gasteiger partial charge in [-0.15, -0.1) is 0 Å². The Hall–Kier alpha value is -4.69. The van der Waals surface area contributed by atoms with Crippen molar-refractivity contribution >= 4 is 32.6 Å². The fraction of sp³-hybridized carbons (Fsp3) is 0.0294. The zero-order chi connectivity index (χ0) is 24.1. The molecule has 0 saturated carbocycles. The maximum Gasteiger partial charge on any atom is 0.227 e. The molecule has 6 aromatic carbocycles. The van der Waals surface area contributed by atoms with Crippen LogP contribution in [0.25, 0.3) is 66.4 Å². The van der Waals surface area contributed by atoms with Crippen molar-refractivity contribution in [2.75, 3.05) is 0 Å². The second kappa shape index (κ2) is 8.21. The Morgan fingerprint density at radius 3 is 1.89 bits per heavy atom. The molecule has 0 aliphatic heterocycles. The predicted molar refractivity (Wildman–Crippen MR) is 150 cm³/mol. The first-order valence-corrected chi connectivity index (χ1v) is 12.2. The SMILES string of the molecule is Cc1cccc2c(-c3ccc(-c4nc5ccccc5o4)cc3)c3ccccc3c(-c3ccccc3)c12. The Morgan fingerprint density at radius 2 is 1.11 bits per heavy atom. The van der Waals surface area contributed by atoms with Gasteiger partial charge in [-0.1, -0.05) is 97.1 Å². The maximum absolute atomic E-state index is 6.01. The third-order valence-corrected chi connectivity index (χ3v) is 7.03. The van der Waals surface area contributed by atoms with E-state index in [0.29, 0.717) is 5.89 Å². The minimum atomic E-state index is 0.646. The molecule has 7 aromatic rings. The van der Waals surface area contributed by atoms with Crippen molar-refractivity contribution in [3.8, 4) is 33.7 Å². The molecule has 0 amide bonds. The summed E-state index contributed by atoms with van der Waals surface area (Å²) in [6, 6.07) is 42.6. The molecule has 170 valence electrons. The van der Waals surface area contributed by atoms with Gasteiger partial charge in [0.05, 0.1) is 0 Å². The Morgan fingerprint density at radius 1 is 0.500 bits per heavy atom. The molecule has 0 spiro atoms. The van der Waals surface area contributed by atoms with E-state index in [2.05, 4.69) is 109 Å². The van der Waals surface area contributed by atoms with Crippen LogP contribution in [0.4, 0.5) is 0 Å². The molecule has 0 saturated heterocycles. The third kappa shape index (κ3) is 3.23. The second-order valence-electron chi connectivity index (χ2n) is 9.22. The van der Waals surface area contributed by atoms with Gasteiger partial charge in [0.25, 0.3) is 0 Å². The number of rotatable bonds is 3. The van der Waals surface area contributed by atoms with E-state index in [1.165, 1.54) is 49.4 Å². The van der Waals surface area contributed by atoms with Crippen LogP contribution < -0.4 is 0 Å². The Labute approximate surface area is 209 Å². The normalized spacial score (nSPS) is 11.5. The first kappa shape index (κ1) is 20.7. The molecule has 0 bridgehead atoms. The molecular formula is C34H23NO. The van der Waals surface area contributed by atoms with E-state index >= 15 is 0 Å². The highest BCUT2D eigenvalue weighted by Gasteiger charge is 2.18. The monoisotopic (exact) mass is 461 g/mol. The first-order valence-electron chi connectivity index (χ1n) is 12.2. The molecule has 0 radical (unpaired) electrons. The van der Waals surface area contributed by atoms with E-state index in [4.69, 9.17) is 4.42 Å². The lowest BCUT2D eigenvalue weighted by atomic mass is 9.84. The van der Waals surface area contributed by atoms with Crippen LogP contribution >= 0.6 is 0 Å². The molecule has 0 aliphatic carbocycles. The molecule has 7 rings (SSSR count). The zero-order valence-electron chi connectivity index (χ0n) is 19.9. The van der Waals surface area contributed by atoms with E-state index in [1.807, 2.05) is 24.3 Å². The topological polar surface area (TPSA) is 26.0 Å². The van der Waals surface area contributed by atoms with Crippen molar-refractivity contribution in [2.24, 2.45) is 0 Å². The van der Waals surface area contributed by atoms with E-state index in [-0.39, 0.29) is 0 Å². The highest BCUT2D eigenvalue weighted by atomic mass is 16.3. The number of hydrogen-bond donors (Lipinski definition) is 0. The summed E-state index contributed by atoms with van der Waals surface area (Å²) in [4.78, 5) is 4.68. The molecule has 0 fully saturated rings. The third-order valence-electron chi connectivity index (χ3n) is 7.03. The van der Waals surface area contributed by atoms with Gasteiger partial charge in [-0.25, -0.2) is 4.98 Å². The minimum absolute atomic E-state index is 0.646. The number of aryl methyl sites for hydroxylation is 1. The molecule has 0 unspecified atom stereocenters. The molecular weight excluding hydrogens is 438 g/mol. The highest BCUT2D eigenvalue weighted by molar-refractivity contribution is 6.22. The molecule has 2 heteroatoms. The van der Waals surface area contributed by atoms with Gasteiger partial charge in [-0.2, -0.15) is 0 Å². The lowest BCUT2D eigenvalue weighted by Crippen LogP contribution is -1.92. The van der Waals surface area contributed by atoms with Crippen LogP contribution in [0.15, 0.2) is 126 Å². The van der Waals surface area contributed by atoms with Crippen molar-refractivity contribution in [1.29, 1.82) is 0 Å². The first-order chi connectivity index (χ1) is 17.8. The van der Waals surface area contributed by atoms with Crippen molar-refractivity contribution in [3.05, 3.63) is 127 Å². The number of hydrogen-bond acceptors (Lipinski definition) is 2. The Bertz CT molecular complexity index is 1850. The number of oxazole rings is 1. The number of nitrogens with zero attached hydrogens (tertiary/aromatic N) is 1. The number of benzene rings is 6. The summed E-state index contributed by atoms with van der Waals surface area (Å²) in [6.07, 6.45) is 0. The number of para-hydroxylation sites is 2. The summed E-state index contributed by atoms with van der Waals surface area (Å²) < 4.78 is 6.01. The van der Waals surface area contributed by atoms with Gasteiger partial charge in [-0.3, -0.25) is 0 Å². The van der Waals surface area contributed by atoms with Crippen molar-refractivity contribution < 1.29 is 4.42 Å². The van der Waals surface area contributed by atoms with E-state index < -0.39 is 0 Å². The van der Waals surface area contributed by atoms with Gasteiger partial charge < -0.3 is 4.42 Å². The fourth-order valence-corrected chi connectivity index (χ4v) is 5.40. The van der Waals surface area contributed by atoms with Crippen LogP contribution in [-0.4, -0.2) is 4.98 Å². The molecule has 0 atom stereocenters. The molecule has 0 aliphatic rings. The summed E-state index contributed by atoms with van der Waals surface area (Å²) in [5.74, 6) is 0.646. The van der Waals surface area contributed by atoms with E-state index in [9.17, 15) is 0 Å². The van der Waals surface area contributed by atoms with Crippen molar-refractivity contribution in [3.63, 3.8) is 0 Å². The largest absolute Gasteiger partial charge is 0.436 e. The summed E-state index contributed by atoms with van der Waals surface area (Å²) in [7, 11) is 0. The molecule has 1 heterocycles. The standard InChI is InChI=1S/C34H23NO/c1-22-10-9-15-28-31(22)33(23-11-3-2-4-12-23)27-14-6-5-13-26(27)32(28)24-18-20-25(21-19-24)34-35-29-16-7-8-17-30(29)36-34/h2-21H,1H3. The number of fused-ring (bicyclic) bond motifs is 3. The average molecular weight is 462 g/mol. The van der Waals surface area contributed by atoms with Crippen LogP contribution in [0.1, 0.15) is 5.56 Å². The molecule has 2 nitrogen and oxygen atoms in total. The van der Waals surface area contributed by atoms with Crippen LogP contribution in [0.2, 0.25) is 0 Å². The van der Waals surface area contributed by atoms with Crippen LogP contribution in [-0.2, 0) is 0 Å². The van der Waals surface area contributed by atoms with Gasteiger partial charge in [0.1, 0.15) is 5.52 Å². The van der Waals surface area contributed by atoms with Crippen molar-refractivity contribution in [2.45, 2.75) is 6.92 Å². The molecule has 0 N–H and O–H groups in total. The Kier molecular flexibility index (Phi) is 4.71. The second-order valence-corrected chi connectivity index (χ2v) is 9.22. The maximum atomic E-state index is 6.01. The quantitative estimate of drug-likeness (QED) is 0.245. The van der Waals surface area contributed by atoms with Gasteiger partial charge in [-0.05, 0) is 80.6 Å². The summed E-state index contributed by atoms with van der Waals surface area (Å²) in [6.45, 7) is 2.21. The molecule has 1 aromatic heterocycles. The summed E-state index contributed by atoms with van der Waals surface area (Å²) in [5.41, 5.74) is 8.91. The van der Waals surface area contributed by atoms with Crippen LogP contribution in [0.5, 0.6) is 0 Å². The van der Waals surface area contributed by atoms with E-state index in [1.54, 1.807) is 0 Å². The summed E-state index contributed by atoms with van der Waals surface area (Å²) >= 11 is 0.